The molecule has 0 unspecified atom stereocenters. The molecule has 0 radical (unpaired) electrons. The highest BCUT2D eigenvalue weighted by Crippen LogP contribution is 2.21. The number of rotatable bonds is 7. The Morgan fingerprint density at radius 1 is 1.03 bits per heavy atom. The Labute approximate surface area is 177 Å². The number of sulfonamides is 1. The lowest BCUT2D eigenvalue weighted by atomic mass is 10.2. The molecule has 2 aromatic carbocycles. The standard InChI is InChI=1S/C22H28FN3O3S/c1-3-24-12-14-25(15-13-24)22(27)17-26(16-19-6-4-5-7-21(19)23)30(28,29)20-10-8-18(2)9-11-20/h4-11H,3,12-17H2,1-2H3. The third-order valence-electron chi connectivity index (χ3n) is 5.45. The summed E-state index contributed by atoms with van der Waals surface area (Å²) in [7, 11) is -3.97. The predicted octanol–water partition coefficient (Wildman–Crippen LogP) is 2.49. The summed E-state index contributed by atoms with van der Waals surface area (Å²) in [5, 5.41) is 0. The SMILES string of the molecule is CCN1CCN(C(=O)CN(Cc2ccccc2F)S(=O)(=O)c2ccc(C)cc2)CC1. The van der Waals surface area contributed by atoms with Crippen LogP contribution in [0.1, 0.15) is 18.1 Å². The van der Waals surface area contributed by atoms with E-state index < -0.39 is 15.8 Å². The highest BCUT2D eigenvalue weighted by atomic mass is 32.2. The number of aryl methyl sites for hydroxylation is 1. The van der Waals surface area contributed by atoms with Gasteiger partial charge < -0.3 is 9.80 Å². The van der Waals surface area contributed by atoms with Crippen LogP contribution >= 0.6 is 0 Å². The second-order valence-electron chi connectivity index (χ2n) is 7.49. The van der Waals surface area contributed by atoms with Gasteiger partial charge in [-0.05, 0) is 31.7 Å². The van der Waals surface area contributed by atoms with Gasteiger partial charge in [0.25, 0.3) is 0 Å². The average molecular weight is 434 g/mol. The van der Waals surface area contributed by atoms with E-state index in [2.05, 4.69) is 11.8 Å². The van der Waals surface area contributed by atoms with Crippen molar-refractivity contribution in [1.82, 2.24) is 14.1 Å². The lowest BCUT2D eigenvalue weighted by Gasteiger charge is -2.35. The molecule has 0 aliphatic carbocycles. The van der Waals surface area contributed by atoms with Crippen LogP contribution in [0.4, 0.5) is 4.39 Å². The van der Waals surface area contributed by atoms with Gasteiger partial charge in [0.1, 0.15) is 5.82 Å². The number of carbonyl (C=O) groups is 1. The van der Waals surface area contributed by atoms with Crippen LogP contribution in [0.15, 0.2) is 53.4 Å². The minimum absolute atomic E-state index is 0.0908. The molecule has 0 atom stereocenters. The van der Waals surface area contributed by atoms with Gasteiger partial charge in [-0.2, -0.15) is 4.31 Å². The molecule has 1 heterocycles. The summed E-state index contributed by atoms with van der Waals surface area (Å²) in [6.45, 7) is 6.98. The fourth-order valence-corrected chi connectivity index (χ4v) is 4.83. The molecule has 162 valence electrons. The molecular formula is C22H28FN3O3S. The monoisotopic (exact) mass is 433 g/mol. The number of likely N-dealkylation sites (N-methyl/N-ethyl adjacent to an activating group) is 1. The van der Waals surface area contributed by atoms with Crippen molar-refractivity contribution < 1.29 is 17.6 Å². The maximum absolute atomic E-state index is 14.2. The molecule has 1 amide bonds. The average Bonchev–Trinajstić information content (AvgIpc) is 2.75. The summed E-state index contributed by atoms with van der Waals surface area (Å²) in [6.07, 6.45) is 0. The maximum atomic E-state index is 14.2. The Hall–Kier alpha value is -2.29. The van der Waals surface area contributed by atoms with Crippen molar-refractivity contribution in [2.75, 3.05) is 39.3 Å². The van der Waals surface area contributed by atoms with E-state index in [9.17, 15) is 17.6 Å². The van der Waals surface area contributed by atoms with E-state index in [-0.39, 0.29) is 29.5 Å². The topological polar surface area (TPSA) is 60.9 Å². The van der Waals surface area contributed by atoms with E-state index >= 15 is 0 Å². The summed E-state index contributed by atoms with van der Waals surface area (Å²) in [4.78, 5) is 16.9. The van der Waals surface area contributed by atoms with Crippen molar-refractivity contribution in [3.05, 3.63) is 65.5 Å². The first-order valence-electron chi connectivity index (χ1n) is 10.1. The highest BCUT2D eigenvalue weighted by molar-refractivity contribution is 7.89. The van der Waals surface area contributed by atoms with Gasteiger partial charge in [-0.25, -0.2) is 12.8 Å². The first-order chi connectivity index (χ1) is 14.3. The van der Waals surface area contributed by atoms with Gasteiger partial charge in [0.15, 0.2) is 0 Å². The second-order valence-corrected chi connectivity index (χ2v) is 9.43. The Morgan fingerprint density at radius 3 is 2.27 bits per heavy atom. The predicted molar refractivity (Wildman–Crippen MR) is 114 cm³/mol. The van der Waals surface area contributed by atoms with Crippen LogP contribution < -0.4 is 0 Å². The second kappa shape index (κ2) is 9.68. The van der Waals surface area contributed by atoms with Crippen molar-refractivity contribution in [2.45, 2.75) is 25.3 Å². The lowest BCUT2D eigenvalue weighted by Crippen LogP contribution is -2.51. The Bertz CT molecular complexity index is 971. The molecule has 0 aromatic heterocycles. The third-order valence-corrected chi connectivity index (χ3v) is 7.25. The molecule has 6 nitrogen and oxygen atoms in total. The van der Waals surface area contributed by atoms with Crippen molar-refractivity contribution in [2.24, 2.45) is 0 Å². The van der Waals surface area contributed by atoms with Crippen LogP contribution in [0, 0.1) is 12.7 Å². The lowest BCUT2D eigenvalue weighted by molar-refractivity contribution is -0.133. The fraction of sp³-hybridized carbons (Fsp3) is 0.409. The van der Waals surface area contributed by atoms with Gasteiger partial charge in [-0.3, -0.25) is 4.79 Å². The minimum Gasteiger partial charge on any atom is -0.339 e. The molecule has 8 heteroatoms. The van der Waals surface area contributed by atoms with Crippen LogP contribution in [-0.4, -0.2) is 67.7 Å². The summed E-state index contributed by atoms with van der Waals surface area (Å²) >= 11 is 0. The van der Waals surface area contributed by atoms with Gasteiger partial charge in [-0.15, -0.1) is 0 Å². The molecule has 0 spiro atoms. The normalized spacial score (nSPS) is 15.5. The molecule has 30 heavy (non-hydrogen) atoms. The first kappa shape index (κ1) is 22.4. The molecule has 0 bridgehead atoms. The Balaban J connectivity index is 1.85. The van der Waals surface area contributed by atoms with Gasteiger partial charge in [-0.1, -0.05) is 42.8 Å². The third kappa shape index (κ3) is 5.24. The number of hydrogen-bond donors (Lipinski definition) is 0. The largest absolute Gasteiger partial charge is 0.339 e. The van der Waals surface area contributed by atoms with E-state index in [4.69, 9.17) is 0 Å². The molecule has 2 aromatic rings. The molecule has 0 saturated carbocycles. The molecular weight excluding hydrogens is 405 g/mol. The van der Waals surface area contributed by atoms with Gasteiger partial charge in [0, 0.05) is 38.3 Å². The zero-order valence-corrected chi connectivity index (χ0v) is 18.2. The van der Waals surface area contributed by atoms with Crippen LogP contribution in [0.25, 0.3) is 0 Å². The number of hydrogen-bond acceptors (Lipinski definition) is 4. The molecule has 0 N–H and O–H groups in total. The number of halogens is 1. The van der Waals surface area contributed by atoms with Gasteiger partial charge in [0.2, 0.25) is 15.9 Å². The number of piperazine rings is 1. The van der Waals surface area contributed by atoms with Crippen molar-refractivity contribution in [1.29, 1.82) is 0 Å². The Morgan fingerprint density at radius 2 is 1.67 bits per heavy atom. The van der Waals surface area contributed by atoms with Crippen molar-refractivity contribution >= 4 is 15.9 Å². The van der Waals surface area contributed by atoms with Gasteiger partial charge in [0.05, 0.1) is 11.4 Å². The van der Waals surface area contributed by atoms with Gasteiger partial charge >= 0.3 is 0 Å². The van der Waals surface area contributed by atoms with Crippen molar-refractivity contribution in [3.63, 3.8) is 0 Å². The molecule has 1 aliphatic rings. The van der Waals surface area contributed by atoms with Crippen LogP contribution in [-0.2, 0) is 21.4 Å². The summed E-state index contributed by atoms with van der Waals surface area (Å²) in [5.41, 5.74) is 1.16. The van der Waals surface area contributed by atoms with E-state index in [0.717, 1.165) is 29.5 Å². The summed E-state index contributed by atoms with van der Waals surface area (Å²) in [5.74, 6) is -0.761. The quantitative estimate of drug-likeness (QED) is 0.673. The van der Waals surface area contributed by atoms with E-state index in [0.29, 0.717) is 13.1 Å². The number of benzene rings is 2. The molecule has 1 aliphatic heterocycles. The number of nitrogens with zero attached hydrogens (tertiary/aromatic N) is 3. The fourth-order valence-electron chi connectivity index (χ4n) is 3.47. The van der Waals surface area contributed by atoms with Crippen LogP contribution in [0.3, 0.4) is 0 Å². The summed E-state index contributed by atoms with van der Waals surface area (Å²) < 4.78 is 41.9. The zero-order valence-electron chi connectivity index (χ0n) is 17.4. The van der Waals surface area contributed by atoms with Crippen LogP contribution in [0.5, 0.6) is 0 Å². The smallest absolute Gasteiger partial charge is 0.243 e. The van der Waals surface area contributed by atoms with Crippen molar-refractivity contribution in [3.8, 4) is 0 Å². The zero-order chi connectivity index (χ0) is 21.7. The molecule has 1 saturated heterocycles. The highest BCUT2D eigenvalue weighted by Gasteiger charge is 2.30. The molecule has 3 rings (SSSR count). The number of carbonyl (C=O) groups excluding carboxylic acids is 1. The molecule has 1 fully saturated rings. The first-order valence-corrected chi connectivity index (χ1v) is 11.6. The maximum Gasteiger partial charge on any atom is 0.243 e. The van der Waals surface area contributed by atoms with E-state index in [1.807, 2.05) is 6.92 Å². The van der Waals surface area contributed by atoms with Crippen LogP contribution in [0.2, 0.25) is 0 Å². The van der Waals surface area contributed by atoms with E-state index in [1.54, 1.807) is 29.2 Å². The Kier molecular flexibility index (Phi) is 7.23. The summed E-state index contributed by atoms with van der Waals surface area (Å²) in [6, 6.07) is 12.5. The van der Waals surface area contributed by atoms with E-state index in [1.165, 1.54) is 24.3 Å². The number of amides is 1. The minimum atomic E-state index is -3.97.